The normalized spacial score (nSPS) is 13.4. The summed E-state index contributed by atoms with van der Waals surface area (Å²) in [6.45, 7) is 4.39. The number of halogens is 1. The van der Waals surface area contributed by atoms with E-state index in [4.69, 9.17) is 0 Å². The van der Waals surface area contributed by atoms with Gasteiger partial charge in [0.1, 0.15) is 5.65 Å². The molecule has 74 valence electrons. The average Bonchev–Trinajstić information content (AvgIpc) is 2.56. The summed E-state index contributed by atoms with van der Waals surface area (Å²) in [5, 5.41) is 1.27. The molecule has 0 aromatic carbocycles. The Kier molecular flexibility index (Phi) is 3.34. The monoisotopic (exact) mass is 336 g/mol. The van der Waals surface area contributed by atoms with E-state index in [2.05, 4.69) is 56.4 Å². The van der Waals surface area contributed by atoms with E-state index in [1.807, 2.05) is 20.8 Å². The Bertz CT molecular complexity index is 457. The van der Waals surface area contributed by atoms with Gasteiger partial charge in [0.05, 0.1) is 7.27 Å². The van der Waals surface area contributed by atoms with Crippen LogP contribution in [0.25, 0.3) is 11.0 Å². The minimum Gasteiger partial charge on any atom is -0.301 e. The molecule has 1 unspecified atom stereocenters. The molecule has 0 bridgehead atoms. The standard InChI is InChI=1S/C9H10IN2PS/c1-7-6-12(13(2)14-10)9-8(7)4-3-5-11-9/h3-6H,1-2H3. The molecule has 0 fully saturated rings. The fourth-order valence-corrected chi connectivity index (χ4v) is 4.56. The summed E-state index contributed by atoms with van der Waals surface area (Å²) >= 11 is 2.36. The number of rotatable bonds is 2. The highest BCUT2D eigenvalue weighted by Crippen LogP contribution is 2.53. The van der Waals surface area contributed by atoms with Gasteiger partial charge in [-0.2, -0.15) is 0 Å². The summed E-state index contributed by atoms with van der Waals surface area (Å²) in [6, 6.07) is 4.13. The topological polar surface area (TPSA) is 17.8 Å². The lowest BCUT2D eigenvalue weighted by molar-refractivity contribution is 1.24. The van der Waals surface area contributed by atoms with Crippen LogP contribution in [-0.2, 0) is 0 Å². The van der Waals surface area contributed by atoms with Crippen LogP contribution in [0.4, 0.5) is 0 Å². The van der Waals surface area contributed by atoms with Gasteiger partial charge in [0, 0.05) is 39.0 Å². The Morgan fingerprint density at radius 1 is 1.57 bits per heavy atom. The Balaban J connectivity index is 2.66. The molecule has 0 aliphatic heterocycles. The van der Waals surface area contributed by atoms with Gasteiger partial charge in [-0.05, 0) is 39.8 Å². The molecular weight excluding hydrogens is 326 g/mol. The second kappa shape index (κ2) is 4.37. The molecule has 0 amide bonds. The Hall–Kier alpha value is 0.200. The predicted molar refractivity (Wildman–Crippen MR) is 74.3 cm³/mol. The highest BCUT2D eigenvalue weighted by Gasteiger charge is 2.10. The zero-order chi connectivity index (χ0) is 10.1. The van der Waals surface area contributed by atoms with Crippen LogP contribution in [-0.4, -0.2) is 16.0 Å². The molecule has 0 aliphatic rings. The maximum absolute atomic E-state index is 4.43. The lowest BCUT2D eigenvalue weighted by atomic mass is 10.2. The van der Waals surface area contributed by atoms with Gasteiger partial charge in [-0.15, -0.1) is 0 Å². The van der Waals surface area contributed by atoms with Crippen LogP contribution < -0.4 is 0 Å². The number of nitrogens with zero attached hydrogens (tertiary/aromatic N) is 2. The fourth-order valence-electron chi connectivity index (χ4n) is 1.45. The van der Waals surface area contributed by atoms with Crippen LogP contribution in [0.5, 0.6) is 0 Å². The smallest absolute Gasteiger partial charge is 0.144 e. The van der Waals surface area contributed by atoms with E-state index in [0.717, 1.165) is 5.65 Å². The zero-order valence-electron chi connectivity index (χ0n) is 7.94. The minimum atomic E-state index is -0.195. The van der Waals surface area contributed by atoms with Crippen molar-refractivity contribution in [3.8, 4) is 0 Å². The van der Waals surface area contributed by atoms with Gasteiger partial charge in [0.15, 0.2) is 0 Å². The molecule has 0 radical (unpaired) electrons. The molecule has 2 nitrogen and oxygen atoms in total. The first-order valence-corrected chi connectivity index (χ1v) is 9.90. The molecule has 2 aromatic rings. The second-order valence-corrected chi connectivity index (χ2v) is 10.1. The third-order valence-electron chi connectivity index (χ3n) is 2.15. The minimum absolute atomic E-state index is 0.195. The fraction of sp³-hybridized carbons (Fsp3) is 0.222. The second-order valence-electron chi connectivity index (χ2n) is 3.06. The molecule has 5 heteroatoms. The van der Waals surface area contributed by atoms with Gasteiger partial charge in [-0.3, -0.25) is 0 Å². The maximum atomic E-state index is 4.43. The van der Waals surface area contributed by atoms with E-state index in [-0.39, 0.29) is 7.27 Å². The third kappa shape index (κ3) is 1.79. The van der Waals surface area contributed by atoms with Crippen molar-refractivity contribution in [3.05, 3.63) is 30.1 Å². The van der Waals surface area contributed by atoms with Gasteiger partial charge in [0.2, 0.25) is 0 Å². The SMILES string of the molecule is Cc1cn(P(C)SI)c2ncccc12. The number of fused-ring (bicyclic) bond motifs is 1. The van der Waals surface area contributed by atoms with Crippen molar-refractivity contribution in [3.63, 3.8) is 0 Å². The summed E-state index contributed by atoms with van der Waals surface area (Å²) in [4.78, 5) is 4.43. The van der Waals surface area contributed by atoms with Crippen molar-refractivity contribution in [2.24, 2.45) is 0 Å². The number of aromatic nitrogens is 2. The predicted octanol–water partition coefficient (Wildman–Crippen LogP) is 4.22. The van der Waals surface area contributed by atoms with Gasteiger partial charge < -0.3 is 4.34 Å². The molecule has 0 aliphatic carbocycles. The molecule has 1 atom stereocenters. The van der Waals surface area contributed by atoms with Crippen LogP contribution in [0, 0.1) is 6.92 Å². The summed E-state index contributed by atoms with van der Waals surface area (Å²) in [6.07, 6.45) is 4.06. The van der Waals surface area contributed by atoms with E-state index < -0.39 is 0 Å². The maximum Gasteiger partial charge on any atom is 0.144 e. The zero-order valence-corrected chi connectivity index (χ0v) is 11.8. The molecule has 14 heavy (non-hydrogen) atoms. The largest absolute Gasteiger partial charge is 0.301 e. The summed E-state index contributed by atoms with van der Waals surface area (Å²) in [5.41, 5.74) is 2.43. The first-order valence-electron chi connectivity index (χ1n) is 4.19. The molecule has 2 rings (SSSR count). The van der Waals surface area contributed by atoms with Crippen LogP contribution in [0.2, 0.25) is 0 Å². The summed E-state index contributed by atoms with van der Waals surface area (Å²) in [5.74, 6) is 0. The Morgan fingerprint density at radius 2 is 2.36 bits per heavy atom. The Labute approximate surface area is 101 Å². The number of pyridine rings is 1. The van der Waals surface area contributed by atoms with Crippen molar-refractivity contribution in [2.75, 3.05) is 6.66 Å². The van der Waals surface area contributed by atoms with Crippen molar-refractivity contribution in [2.45, 2.75) is 6.92 Å². The third-order valence-corrected chi connectivity index (χ3v) is 9.52. The molecule has 2 aromatic heterocycles. The van der Waals surface area contributed by atoms with Crippen molar-refractivity contribution in [1.82, 2.24) is 9.32 Å². The van der Waals surface area contributed by atoms with Crippen LogP contribution in [0.3, 0.4) is 0 Å². The lowest BCUT2D eigenvalue weighted by Gasteiger charge is -2.09. The Morgan fingerprint density at radius 3 is 3.07 bits per heavy atom. The highest BCUT2D eigenvalue weighted by atomic mass is 127. The van der Waals surface area contributed by atoms with E-state index >= 15 is 0 Å². The van der Waals surface area contributed by atoms with E-state index in [1.165, 1.54) is 10.9 Å². The van der Waals surface area contributed by atoms with E-state index in [0.29, 0.717) is 0 Å². The van der Waals surface area contributed by atoms with Crippen LogP contribution in [0.15, 0.2) is 24.5 Å². The van der Waals surface area contributed by atoms with Gasteiger partial charge in [-0.25, -0.2) is 4.98 Å². The molecule has 2 heterocycles. The van der Waals surface area contributed by atoms with Crippen molar-refractivity contribution in [1.29, 1.82) is 0 Å². The quantitative estimate of drug-likeness (QED) is 0.604. The van der Waals surface area contributed by atoms with Gasteiger partial charge in [0.25, 0.3) is 0 Å². The first-order chi connectivity index (χ1) is 6.74. The van der Waals surface area contributed by atoms with Crippen LogP contribution >= 0.6 is 37.0 Å². The van der Waals surface area contributed by atoms with Crippen LogP contribution in [0.1, 0.15) is 5.56 Å². The number of hydrogen-bond donors (Lipinski definition) is 0. The van der Waals surface area contributed by atoms with Crippen molar-refractivity contribution >= 4 is 48.1 Å². The average molecular weight is 336 g/mol. The van der Waals surface area contributed by atoms with Crippen molar-refractivity contribution < 1.29 is 0 Å². The molecule has 0 saturated carbocycles. The molecular formula is C9H10IN2PS. The number of aryl methyl sites for hydroxylation is 1. The lowest BCUT2D eigenvalue weighted by Crippen LogP contribution is -1.86. The van der Waals surface area contributed by atoms with E-state index in [1.54, 1.807) is 0 Å². The summed E-state index contributed by atoms with van der Waals surface area (Å²) < 4.78 is 2.29. The molecule has 0 N–H and O–H groups in total. The van der Waals surface area contributed by atoms with Gasteiger partial charge >= 0.3 is 0 Å². The highest BCUT2D eigenvalue weighted by molar-refractivity contribution is 14.2. The van der Waals surface area contributed by atoms with Gasteiger partial charge in [-0.1, -0.05) is 0 Å². The summed E-state index contributed by atoms with van der Waals surface area (Å²) in [7, 11) is 1.67. The molecule has 0 spiro atoms. The van der Waals surface area contributed by atoms with E-state index in [9.17, 15) is 0 Å². The first kappa shape index (κ1) is 10.7. The molecule has 0 saturated heterocycles. The number of hydrogen-bond acceptors (Lipinski definition) is 2.